The molecule has 7 atom stereocenters. The largest absolute Gasteiger partial charge is 0.479 e. The number of likely N-dealkylation sites (tertiary alicyclic amines) is 1. The first kappa shape index (κ1) is 35.4. The van der Waals surface area contributed by atoms with Gasteiger partial charge < -0.3 is 41.1 Å². The number of carboxylic acids is 1. The smallest absolute Gasteiger partial charge is 0.407 e. The normalized spacial score (nSPS) is 26.5. The third-order valence-corrected chi connectivity index (χ3v) is 10.6. The summed E-state index contributed by atoms with van der Waals surface area (Å²) < 4.78 is 5.28. The number of aliphatic hydroxyl groups excluding tert-OH is 1. The number of benzene rings is 2. The van der Waals surface area contributed by atoms with E-state index in [0.29, 0.717) is 19.4 Å². The van der Waals surface area contributed by atoms with Crippen LogP contribution in [0.25, 0.3) is 0 Å². The van der Waals surface area contributed by atoms with E-state index in [4.69, 9.17) is 4.74 Å². The predicted octanol–water partition coefficient (Wildman–Crippen LogP) is 2.44. The summed E-state index contributed by atoms with van der Waals surface area (Å²) in [4.78, 5) is 67.0. The lowest BCUT2D eigenvalue weighted by Crippen LogP contribution is -2.60. The highest BCUT2D eigenvalue weighted by Crippen LogP contribution is 2.43. The van der Waals surface area contributed by atoms with Crippen molar-refractivity contribution in [1.82, 2.24) is 26.2 Å². The highest BCUT2D eigenvalue weighted by Gasteiger charge is 2.61. The fourth-order valence-corrected chi connectivity index (χ4v) is 7.42. The van der Waals surface area contributed by atoms with E-state index >= 15 is 0 Å². The number of hydrogen-bond acceptors (Lipinski definition) is 7. The van der Waals surface area contributed by atoms with Crippen LogP contribution in [0.3, 0.4) is 0 Å². The molecule has 13 nitrogen and oxygen atoms in total. The second-order valence-corrected chi connectivity index (χ2v) is 15.2. The molecule has 2 aliphatic carbocycles. The van der Waals surface area contributed by atoms with Crippen LogP contribution in [0.15, 0.2) is 54.6 Å². The molecule has 0 unspecified atom stereocenters. The molecule has 1 heterocycles. The molecule has 0 radical (unpaired) electrons. The van der Waals surface area contributed by atoms with Crippen molar-refractivity contribution in [1.29, 1.82) is 0 Å². The number of ether oxygens (including phenoxy) is 1. The van der Waals surface area contributed by atoms with Gasteiger partial charge >= 0.3 is 18.1 Å². The minimum atomic E-state index is -1.44. The van der Waals surface area contributed by atoms with E-state index in [9.17, 15) is 34.2 Å². The Labute approximate surface area is 292 Å². The fourth-order valence-electron chi connectivity index (χ4n) is 6.30. The average Bonchev–Trinajstić information content (AvgIpc) is 3.34. The van der Waals surface area contributed by atoms with Crippen molar-refractivity contribution in [3.63, 3.8) is 0 Å². The van der Waals surface area contributed by atoms with Crippen LogP contribution < -0.4 is 21.3 Å². The molecule has 3 aliphatic rings. The molecule has 1 saturated heterocycles. The summed E-state index contributed by atoms with van der Waals surface area (Å²) in [7, 11) is 0. The lowest BCUT2D eigenvalue weighted by Gasteiger charge is -2.34. The molecule has 6 N–H and O–H groups in total. The maximum absolute atomic E-state index is 13.9. The van der Waals surface area contributed by atoms with Gasteiger partial charge in [0, 0.05) is 23.3 Å². The molecule has 0 spiro atoms. The number of aliphatic hydroxyl groups is 1. The van der Waals surface area contributed by atoms with E-state index in [1.165, 1.54) is 4.90 Å². The first-order chi connectivity index (χ1) is 22.7. The highest BCUT2D eigenvalue weighted by molar-refractivity contribution is 14.1. The monoisotopic (exact) mass is 775 g/mol. The van der Waals surface area contributed by atoms with E-state index in [0.717, 1.165) is 16.7 Å². The molecule has 5 amide bonds. The zero-order valence-corrected chi connectivity index (χ0v) is 29.2. The Morgan fingerprint density at radius 1 is 1.06 bits per heavy atom. The molecule has 0 aromatic heterocycles. The summed E-state index contributed by atoms with van der Waals surface area (Å²) in [6, 6.07) is 13.4. The van der Waals surface area contributed by atoms with Crippen molar-refractivity contribution in [3.8, 4) is 0 Å². The van der Waals surface area contributed by atoms with Gasteiger partial charge in [-0.3, -0.25) is 9.59 Å². The zero-order chi connectivity index (χ0) is 34.8. The maximum Gasteiger partial charge on any atom is 0.407 e. The second kappa shape index (κ2) is 14.3. The number of nitrogens with zero attached hydrogens (tertiary/aromatic N) is 1. The van der Waals surface area contributed by atoms with E-state index in [-0.39, 0.29) is 23.3 Å². The van der Waals surface area contributed by atoms with Gasteiger partial charge in [0.15, 0.2) is 5.54 Å². The Bertz CT molecular complexity index is 1550. The van der Waals surface area contributed by atoms with Crippen LogP contribution in [0.5, 0.6) is 0 Å². The lowest BCUT2D eigenvalue weighted by molar-refractivity contribution is -0.143. The van der Waals surface area contributed by atoms with Crippen LogP contribution in [0.4, 0.5) is 9.59 Å². The molecule has 2 aromatic rings. The van der Waals surface area contributed by atoms with E-state index in [1.807, 2.05) is 77.2 Å². The van der Waals surface area contributed by atoms with Crippen LogP contribution >= 0.6 is 22.6 Å². The summed E-state index contributed by atoms with van der Waals surface area (Å²) in [5.74, 6) is -2.38. The Kier molecular flexibility index (Phi) is 10.5. The van der Waals surface area contributed by atoms with Crippen molar-refractivity contribution < 1.29 is 38.9 Å². The Hall–Kier alpha value is -3.92. The number of carboxylic acid groups (broad SMARTS) is 1. The minimum Gasteiger partial charge on any atom is -0.479 e. The zero-order valence-electron chi connectivity index (χ0n) is 27.1. The van der Waals surface area contributed by atoms with Gasteiger partial charge in [-0.2, -0.15) is 0 Å². The molecule has 14 heteroatoms. The molecular weight excluding hydrogens is 733 g/mol. The predicted molar refractivity (Wildman–Crippen MR) is 183 cm³/mol. The number of nitrogens with one attached hydrogen (secondary N) is 4. The van der Waals surface area contributed by atoms with Gasteiger partial charge in [0.05, 0.1) is 18.7 Å². The summed E-state index contributed by atoms with van der Waals surface area (Å²) in [6.45, 7) is 5.49. The quantitative estimate of drug-likeness (QED) is 0.157. The van der Waals surface area contributed by atoms with E-state index in [1.54, 1.807) is 20.8 Å². The molecule has 258 valence electrons. The Balaban J connectivity index is 1.28. The number of amides is 5. The van der Waals surface area contributed by atoms with E-state index < -0.39 is 71.2 Å². The van der Waals surface area contributed by atoms with Crippen LogP contribution in [-0.2, 0) is 32.0 Å². The number of aliphatic carboxylic acids is 1. The van der Waals surface area contributed by atoms with Gasteiger partial charge in [-0.15, -0.1) is 0 Å². The van der Waals surface area contributed by atoms with Crippen molar-refractivity contribution >= 4 is 52.5 Å². The molecular formula is C34H42IN5O8. The van der Waals surface area contributed by atoms with Gasteiger partial charge in [0.1, 0.15) is 18.2 Å². The van der Waals surface area contributed by atoms with Crippen molar-refractivity contribution in [2.75, 3.05) is 13.1 Å². The fraction of sp³-hybridized carbons (Fsp3) is 0.500. The standard InChI is InChI=1S/C34H42IN5O8/c1-33(2,3)27(29(43)37-26-22-12-8-7-11-20(22)15-24(26)41)38-31(46)40-18-21(48-32(47)36-14-13-19-9-5-4-6-10-19)16-23(40)28(42)39-34(30(44)45)17-25(34)35/h4-12,21,23-27,41H,13-18H2,1-3H3,(H,36,47)(H,37,43)(H,38,46)(H,39,42)(H,44,45)/t21-,23+,24-,25-,26+,27-,34-/m1/s1. The van der Waals surface area contributed by atoms with Crippen molar-refractivity contribution in [2.45, 2.75) is 86.3 Å². The average molecular weight is 776 g/mol. The molecule has 1 aliphatic heterocycles. The van der Waals surface area contributed by atoms with Crippen LogP contribution in [0.2, 0.25) is 0 Å². The summed E-state index contributed by atoms with van der Waals surface area (Å²) >= 11 is 1.96. The first-order valence-corrected chi connectivity index (χ1v) is 17.3. The third-order valence-electron chi connectivity index (χ3n) is 9.13. The molecule has 5 rings (SSSR count). The lowest BCUT2D eigenvalue weighted by atomic mass is 9.86. The van der Waals surface area contributed by atoms with E-state index in [2.05, 4.69) is 21.3 Å². The molecule has 2 aromatic carbocycles. The number of carbonyl (C=O) groups excluding carboxylic acids is 4. The van der Waals surface area contributed by atoms with Gasteiger partial charge in [-0.05, 0) is 34.9 Å². The van der Waals surface area contributed by atoms with Crippen LogP contribution in [0.1, 0.15) is 56.3 Å². The topological polar surface area (TPSA) is 186 Å². The van der Waals surface area contributed by atoms with Gasteiger partial charge in [-0.25, -0.2) is 14.4 Å². The van der Waals surface area contributed by atoms with Gasteiger partial charge in [0.25, 0.3) is 0 Å². The van der Waals surface area contributed by atoms with Crippen molar-refractivity contribution in [3.05, 3.63) is 71.3 Å². The van der Waals surface area contributed by atoms with Crippen LogP contribution in [-0.4, -0.2) is 91.9 Å². The minimum absolute atomic E-state index is 0.0651. The third kappa shape index (κ3) is 7.86. The number of halogens is 1. The van der Waals surface area contributed by atoms with Gasteiger partial charge in [-0.1, -0.05) is 98.0 Å². The number of rotatable bonds is 10. The summed E-state index contributed by atoms with van der Waals surface area (Å²) in [5, 5.41) is 31.5. The number of fused-ring (bicyclic) bond motifs is 1. The SMILES string of the molecule is CC(C)(C)[C@H](NC(=O)N1C[C@H](OC(=O)NCCc2ccccc2)C[C@H]1C(=O)N[C@]1(C(=O)O)C[C@H]1I)C(=O)N[C@H]1c2ccccc2C[C@H]1O. The van der Waals surface area contributed by atoms with Gasteiger partial charge in [0.2, 0.25) is 11.8 Å². The Morgan fingerprint density at radius 2 is 1.73 bits per heavy atom. The number of urea groups is 1. The molecule has 48 heavy (non-hydrogen) atoms. The molecule has 2 fully saturated rings. The Morgan fingerprint density at radius 3 is 2.38 bits per heavy atom. The molecule has 1 saturated carbocycles. The first-order valence-electron chi connectivity index (χ1n) is 16.0. The maximum atomic E-state index is 13.9. The number of hydrogen-bond donors (Lipinski definition) is 6. The summed E-state index contributed by atoms with van der Waals surface area (Å²) in [5.41, 5.74) is 0.529. The van der Waals surface area contributed by atoms with Crippen LogP contribution in [0, 0.1) is 5.41 Å². The number of carbonyl (C=O) groups is 5. The summed E-state index contributed by atoms with van der Waals surface area (Å²) in [6.07, 6.45) is -1.28. The molecule has 0 bridgehead atoms. The second-order valence-electron chi connectivity index (χ2n) is 13.7. The van der Waals surface area contributed by atoms with Crippen molar-refractivity contribution in [2.24, 2.45) is 5.41 Å². The number of alkyl halides is 1. The highest BCUT2D eigenvalue weighted by atomic mass is 127. The number of alkyl carbamates (subject to hydrolysis) is 1.